The van der Waals surface area contributed by atoms with E-state index < -0.39 is 0 Å². The molecule has 0 N–H and O–H groups in total. The van der Waals surface area contributed by atoms with E-state index in [2.05, 4.69) is 9.97 Å². The fourth-order valence-corrected chi connectivity index (χ4v) is 1.38. The van der Waals surface area contributed by atoms with Crippen LogP contribution in [0.3, 0.4) is 0 Å². The minimum Gasteiger partial charge on any atom is -0.316 e. The fourth-order valence-electron chi connectivity index (χ4n) is 1.38. The monoisotopic (exact) mass is 189 g/mol. The summed E-state index contributed by atoms with van der Waals surface area (Å²) in [6.45, 7) is 3.44. The third-order valence-corrected chi connectivity index (χ3v) is 2.34. The Labute approximate surface area is 81.6 Å². The number of pyridine rings is 1. The zero-order chi connectivity index (χ0) is 10.3. The highest BCUT2D eigenvalue weighted by Crippen LogP contribution is 2.13. The van der Waals surface area contributed by atoms with Gasteiger partial charge < -0.3 is 4.57 Å². The lowest BCUT2D eigenvalue weighted by Crippen LogP contribution is -1.95. The van der Waals surface area contributed by atoms with Gasteiger partial charge >= 0.3 is 0 Å². The lowest BCUT2D eigenvalue weighted by atomic mass is 10.2. The number of fused-ring (bicyclic) bond motifs is 1. The molecule has 0 saturated carbocycles. The summed E-state index contributed by atoms with van der Waals surface area (Å²) in [6, 6.07) is 1.78. The number of hydrogen-bond donors (Lipinski definition) is 0. The molecule has 0 bridgehead atoms. The molecule has 2 aromatic heterocycles. The van der Waals surface area contributed by atoms with Gasteiger partial charge in [0.15, 0.2) is 11.4 Å². The summed E-state index contributed by atoms with van der Waals surface area (Å²) in [5.41, 5.74) is 2.20. The normalized spacial score (nSPS) is 10.8. The van der Waals surface area contributed by atoms with Crippen LogP contribution in [0.15, 0.2) is 12.3 Å². The Morgan fingerprint density at radius 1 is 1.50 bits per heavy atom. The number of imidazole rings is 1. The van der Waals surface area contributed by atoms with Gasteiger partial charge in [-0.2, -0.15) is 0 Å². The van der Waals surface area contributed by atoms with Gasteiger partial charge in [-0.15, -0.1) is 0 Å². The summed E-state index contributed by atoms with van der Waals surface area (Å²) in [7, 11) is 1.91. The first-order valence-electron chi connectivity index (χ1n) is 4.39. The van der Waals surface area contributed by atoms with Crippen molar-refractivity contribution in [3.05, 3.63) is 23.7 Å². The number of nitrogens with zero attached hydrogens (tertiary/aromatic N) is 3. The van der Waals surface area contributed by atoms with Crippen LogP contribution in [-0.2, 0) is 7.05 Å². The van der Waals surface area contributed by atoms with Crippen molar-refractivity contribution in [2.45, 2.75) is 13.8 Å². The third-order valence-electron chi connectivity index (χ3n) is 2.34. The molecule has 0 aliphatic heterocycles. The number of aryl methyl sites for hydroxylation is 2. The Bertz CT molecular complexity index is 513. The van der Waals surface area contributed by atoms with Crippen molar-refractivity contribution in [3.8, 4) is 0 Å². The molecule has 0 aliphatic rings. The molecule has 0 unspecified atom stereocenters. The van der Waals surface area contributed by atoms with Crippen LogP contribution in [0.25, 0.3) is 11.2 Å². The summed E-state index contributed by atoms with van der Waals surface area (Å²) in [4.78, 5) is 19.6. The highest BCUT2D eigenvalue weighted by atomic mass is 16.1. The van der Waals surface area contributed by atoms with Crippen LogP contribution in [-0.4, -0.2) is 20.3 Å². The van der Waals surface area contributed by atoms with Crippen molar-refractivity contribution >= 4 is 16.9 Å². The van der Waals surface area contributed by atoms with Crippen LogP contribution in [0.4, 0.5) is 0 Å². The van der Waals surface area contributed by atoms with E-state index in [1.54, 1.807) is 12.3 Å². The molecule has 4 heteroatoms. The van der Waals surface area contributed by atoms with E-state index in [1.165, 1.54) is 6.92 Å². The standard InChI is InChI=1S/C10H11N3O/c1-6(14)8-4-9-10(11-5-8)13(3)7(2)12-9/h4-5H,1-3H3. The maximum absolute atomic E-state index is 11.1. The number of carbonyl (C=O) groups is 1. The number of hydrogen-bond acceptors (Lipinski definition) is 3. The molecule has 72 valence electrons. The predicted molar refractivity (Wildman–Crippen MR) is 53.3 cm³/mol. The van der Waals surface area contributed by atoms with Gasteiger partial charge in [0.05, 0.1) is 0 Å². The van der Waals surface area contributed by atoms with E-state index in [-0.39, 0.29) is 5.78 Å². The number of ketones is 1. The van der Waals surface area contributed by atoms with Crippen LogP contribution in [0, 0.1) is 6.92 Å². The molecule has 14 heavy (non-hydrogen) atoms. The molecular formula is C10H11N3O. The zero-order valence-corrected chi connectivity index (χ0v) is 8.40. The topological polar surface area (TPSA) is 47.8 Å². The molecule has 0 radical (unpaired) electrons. The predicted octanol–water partition coefficient (Wildman–Crippen LogP) is 1.48. The first-order chi connectivity index (χ1) is 6.59. The summed E-state index contributed by atoms with van der Waals surface area (Å²) < 4.78 is 1.90. The number of aromatic nitrogens is 3. The number of Topliss-reactive ketones (excluding diaryl/α,β-unsaturated/α-hetero) is 1. The molecule has 4 nitrogen and oxygen atoms in total. The summed E-state index contributed by atoms with van der Waals surface area (Å²) >= 11 is 0. The quantitative estimate of drug-likeness (QED) is 0.638. The minimum atomic E-state index is 0.0164. The Kier molecular flexibility index (Phi) is 1.84. The molecule has 0 amide bonds. The first kappa shape index (κ1) is 8.87. The molecule has 2 heterocycles. The van der Waals surface area contributed by atoms with Crippen molar-refractivity contribution in [1.29, 1.82) is 0 Å². The van der Waals surface area contributed by atoms with Crippen LogP contribution in [0.2, 0.25) is 0 Å². The van der Waals surface area contributed by atoms with Crippen molar-refractivity contribution in [2.75, 3.05) is 0 Å². The molecule has 0 atom stereocenters. The number of rotatable bonds is 1. The van der Waals surface area contributed by atoms with Crippen LogP contribution in [0.5, 0.6) is 0 Å². The van der Waals surface area contributed by atoms with Gasteiger partial charge in [-0.05, 0) is 19.9 Å². The van der Waals surface area contributed by atoms with Crippen molar-refractivity contribution in [1.82, 2.24) is 14.5 Å². The molecular weight excluding hydrogens is 178 g/mol. The van der Waals surface area contributed by atoms with Gasteiger partial charge in [0, 0.05) is 18.8 Å². The van der Waals surface area contributed by atoms with Gasteiger partial charge in [-0.25, -0.2) is 9.97 Å². The maximum atomic E-state index is 11.1. The van der Waals surface area contributed by atoms with E-state index in [4.69, 9.17) is 0 Å². The summed E-state index contributed by atoms with van der Waals surface area (Å²) in [5.74, 6) is 0.913. The molecule has 0 fully saturated rings. The van der Waals surface area contributed by atoms with Crippen LogP contribution in [0.1, 0.15) is 23.1 Å². The Hall–Kier alpha value is -1.71. The molecule has 0 saturated heterocycles. The summed E-state index contributed by atoms with van der Waals surface area (Å²) in [5, 5.41) is 0. The first-order valence-corrected chi connectivity index (χ1v) is 4.39. The lowest BCUT2D eigenvalue weighted by Gasteiger charge is -1.96. The van der Waals surface area contributed by atoms with E-state index in [1.807, 2.05) is 18.5 Å². The second-order valence-corrected chi connectivity index (χ2v) is 3.34. The van der Waals surface area contributed by atoms with Gasteiger partial charge in [-0.1, -0.05) is 0 Å². The van der Waals surface area contributed by atoms with Crippen LogP contribution >= 0.6 is 0 Å². The average molecular weight is 189 g/mol. The van der Waals surface area contributed by atoms with E-state index >= 15 is 0 Å². The Balaban J connectivity index is 2.73. The Morgan fingerprint density at radius 2 is 2.21 bits per heavy atom. The average Bonchev–Trinajstić information content (AvgIpc) is 2.42. The van der Waals surface area contributed by atoms with Crippen molar-refractivity contribution < 1.29 is 4.79 Å². The highest BCUT2D eigenvalue weighted by molar-refractivity contribution is 5.96. The number of carbonyl (C=O) groups excluding carboxylic acids is 1. The molecule has 2 aromatic rings. The van der Waals surface area contributed by atoms with Crippen molar-refractivity contribution in [2.24, 2.45) is 7.05 Å². The van der Waals surface area contributed by atoms with Gasteiger partial charge in [0.1, 0.15) is 11.3 Å². The smallest absolute Gasteiger partial charge is 0.161 e. The van der Waals surface area contributed by atoms with Gasteiger partial charge in [-0.3, -0.25) is 4.79 Å². The molecule has 0 spiro atoms. The highest BCUT2D eigenvalue weighted by Gasteiger charge is 2.07. The maximum Gasteiger partial charge on any atom is 0.161 e. The lowest BCUT2D eigenvalue weighted by molar-refractivity contribution is 0.101. The van der Waals surface area contributed by atoms with Crippen LogP contribution < -0.4 is 0 Å². The SMILES string of the molecule is CC(=O)c1cnc2c(c1)nc(C)n2C. The van der Waals surface area contributed by atoms with E-state index in [0.717, 1.165) is 17.0 Å². The van der Waals surface area contributed by atoms with Gasteiger partial charge in [0.25, 0.3) is 0 Å². The second kappa shape index (κ2) is 2.90. The minimum absolute atomic E-state index is 0.0164. The van der Waals surface area contributed by atoms with Crippen molar-refractivity contribution in [3.63, 3.8) is 0 Å². The second-order valence-electron chi connectivity index (χ2n) is 3.34. The molecule has 2 rings (SSSR count). The zero-order valence-electron chi connectivity index (χ0n) is 8.40. The van der Waals surface area contributed by atoms with Gasteiger partial charge in [0.2, 0.25) is 0 Å². The van der Waals surface area contributed by atoms with E-state index in [0.29, 0.717) is 5.56 Å². The summed E-state index contributed by atoms with van der Waals surface area (Å²) in [6.07, 6.45) is 1.59. The third kappa shape index (κ3) is 1.19. The Morgan fingerprint density at radius 3 is 2.86 bits per heavy atom. The molecule has 0 aromatic carbocycles. The van der Waals surface area contributed by atoms with E-state index in [9.17, 15) is 4.79 Å². The fraction of sp³-hybridized carbons (Fsp3) is 0.300. The largest absolute Gasteiger partial charge is 0.316 e. The molecule has 0 aliphatic carbocycles.